The summed E-state index contributed by atoms with van der Waals surface area (Å²) in [4.78, 5) is 0. The number of benzene rings is 2. The van der Waals surface area contributed by atoms with Gasteiger partial charge in [0.25, 0.3) is 0 Å². The van der Waals surface area contributed by atoms with Gasteiger partial charge in [-0.05, 0) is 31.2 Å². The highest BCUT2D eigenvalue weighted by Gasteiger charge is 2.10. The second-order valence-electron chi connectivity index (χ2n) is 4.05. The van der Waals surface area contributed by atoms with Crippen LogP contribution in [0, 0.1) is 5.82 Å². The molecule has 0 radical (unpaired) electrons. The molecule has 0 aliphatic carbocycles. The fourth-order valence-corrected chi connectivity index (χ4v) is 1.95. The van der Waals surface area contributed by atoms with Crippen molar-refractivity contribution in [3.63, 3.8) is 0 Å². The minimum absolute atomic E-state index is 0.0736. The van der Waals surface area contributed by atoms with E-state index in [0.717, 1.165) is 5.56 Å². The van der Waals surface area contributed by atoms with Gasteiger partial charge in [-0.15, -0.1) is 0 Å². The largest absolute Gasteiger partial charge is 0.508 e. The Morgan fingerprint density at radius 3 is 2.61 bits per heavy atom. The first-order valence-electron chi connectivity index (χ1n) is 5.57. The van der Waals surface area contributed by atoms with E-state index in [4.69, 9.17) is 11.6 Å². The van der Waals surface area contributed by atoms with E-state index in [1.165, 1.54) is 12.1 Å². The van der Waals surface area contributed by atoms with E-state index in [9.17, 15) is 9.50 Å². The Kier molecular flexibility index (Phi) is 3.72. The lowest BCUT2D eigenvalue weighted by molar-refractivity contribution is 0.465. The lowest BCUT2D eigenvalue weighted by atomic mass is 10.1. The Morgan fingerprint density at radius 1 is 1.22 bits per heavy atom. The molecule has 0 saturated carbocycles. The van der Waals surface area contributed by atoms with Crippen LogP contribution >= 0.6 is 11.6 Å². The van der Waals surface area contributed by atoms with Crippen LogP contribution in [0.5, 0.6) is 5.75 Å². The van der Waals surface area contributed by atoms with Gasteiger partial charge < -0.3 is 10.4 Å². The number of halogens is 2. The van der Waals surface area contributed by atoms with Crippen molar-refractivity contribution >= 4 is 17.3 Å². The van der Waals surface area contributed by atoms with Crippen LogP contribution < -0.4 is 5.32 Å². The van der Waals surface area contributed by atoms with Gasteiger partial charge in [-0.3, -0.25) is 0 Å². The van der Waals surface area contributed by atoms with E-state index in [0.29, 0.717) is 5.69 Å². The Bertz CT molecular complexity index is 559. The van der Waals surface area contributed by atoms with Gasteiger partial charge in [0.2, 0.25) is 0 Å². The van der Waals surface area contributed by atoms with Gasteiger partial charge in [0.15, 0.2) is 0 Å². The van der Waals surface area contributed by atoms with Crippen LogP contribution in [0.15, 0.2) is 42.5 Å². The average Bonchev–Trinajstić information content (AvgIpc) is 2.34. The molecule has 0 heterocycles. The van der Waals surface area contributed by atoms with Crippen LogP contribution in [0.4, 0.5) is 10.1 Å². The third kappa shape index (κ3) is 2.74. The molecule has 2 nitrogen and oxygen atoms in total. The maximum Gasteiger partial charge on any atom is 0.141 e. The minimum atomic E-state index is -0.447. The number of hydrogen-bond acceptors (Lipinski definition) is 2. The van der Waals surface area contributed by atoms with E-state index >= 15 is 0 Å². The second kappa shape index (κ2) is 5.27. The fourth-order valence-electron chi connectivity index (χ4n) is 1.77. The quantitative estimate of drug-likeness (QED) is 0.864. The first-order chi connectivity index (χ1) is 8.58. The molecule has 2 aromatic carbocycles. The molecule has 0 fully saturated rings. The molecule has 94 valence electrons. The van der Waals surface area contributed by atoms with Gasteiger partial charge in [-0.1, -0.05) is 29.8 Å². The normalized spacial score (nSPS) is 12.2. The molecule has 1 unspecified atom stereocenters. The number of nitrogens with one attached hydrogen (secondary N) is 1. The third-order valence-electron chi connectivity index (χ3n) is 2.71. The number of aromatic hydroxyl groups is 1. The molecular weight excluding hydrogens is 253 g/mol. The van der Waals surface area contributed by atoms with E-state index in [-0.39, 0.29) is 16.8 Å². The molecule has 0 aliphatic rings. The summed E-state index contributed by atoms with van der Waals surface area (Å²) in [6, 6.07) is 11.4. The zero-order valence-electron chi connectivity index (χ0n) is 9.82. The molecule has 0 amide bonds. The Hall–Kier alpha value is -1.74. The third-order valence-corrected chi connectivity index (χ3v) is 3.00. The van der Waals surface area contributed by atoms with Crippen LogP contribution in [0.25, 0.3) is 0 Å². The van der Waals surface area contributed by atoms with Crippen molar-refractivity contribution in [2.24, 2.45) is 0 Å². The summed E-state index contributed by atoms with van der Waals surface area (Å²) in [7, 11) is 0. The molecule has 18 heavy (non-hydrogen) atoms. The predicted molar refractivity (Wildman–Crippen MR) is 71.6 cm³/mol. The lowest BCUT2D eigenvalue weighted by Crippen LogP contribution is -2.06. The maximum atomic E-state index is 13.0. The van der Waals surface area contributed by atoms with Crippen molar-refractivity contribution in [2.45, 2.75) is 13.0 Å². The summed E-state index contributed by atoms with van der Waals surface area (Å²) in [5.74, 6) is -0.219. The Morgan fingerprint density at radius 2 is 1.94 bits per heavy atom. The van der Waals surface area contributed by atoms with Gasteiger partial charge in [0.05, 0.1) is 11.1 Å². The van der Waals surface area contributed by atoms with Crippen LogP contribution in [0.1, 0.15) is 18.5 Å². The number of para-hydroxylation sites is 1. The van der Waals surface area contributed by atoms with Crippen molar-refractivity contribution < 1.29 is 9.50 Å². The molecule has 0 spiro atoms. The zero-order chi connectivity index (χ0) is 13.1. The number of hydrogen-bond donors (Lipinski definition) is 2. The fraction of sp³-hybridized carbons (Fsp3) is 0.143. The summed E-state index contributed by atoms with van der Waals surface area (Å²) < 4.78 is 13.0. The number of anilines is 1. The summed E-state index contributed by atoms with van der Waals surface area (Å²) in [6.45, 7) is 1.91. The highest BCUT2D eigenvalue weighted by Crippen LogP contribution is 2.28. The smallest absolute Gasteiger partial charge is 0.141 e. The molecule has 2 N–H and O–H groups in total. The zero-order valence-corrected chi connectivity index (χ0v) is 10.6. The van der Waals surface area contributed by atoms with Gasteiger partial charge >= 0.3 is 0 Å². The summed E-state index contributed by atoms with van der Waals surface area (Å²) in [6.07, 6.45) is 0. The highest BCUT2D eigenvalue weighted by molar-refractivity contribution is 6.31. The van der Waals surface area contributed by atoms with Crippen LogP contribution in [-0.2, 0) is 0 Å². The van der Waals surface area contributed by atoms with Crippen molar-refractivity contribution in [2.75, 3.05) is 5.32 Å². The van der Waals surface area contributed by atoms with Gasteiger partial charge in [-0.2, -0.15) is 0 Å². The van der Waals surface area contributed by atoms with Crippen molar-refractivity contribution in [3.8, 4) is 5.75 Å². The van der Waals surface area contributed by atoms with E-state index < -0.39 is 5.82 Å². The van der Waals surface area contributed by atoms with Gasteiger partial charge in [-0.25, -0.2) is 4.39 Å². The summed E-state index contributed by atoms with van der Waals surface area (Å²) in [5.41, 5.74) is 1.48. The molecule has 2 aromatic rings. The number of phenolic OH excluding ortho intramolecular Hbond substituents is 1. The van der Waals surface area contributed by atoms with Gasteiger partial charge in [0, 0.05) is 11.3 Å². The highest BCUT2D eigenvalue weighted by atomic mass is 35.5. The second-order valence-corrected chi connectivity index (χ2v) is 4.46. The average molecular weight is 266 g/mol. The summed E-state index contributed by atoms with van der Waals surface area (Å²) >= 11 is 5.71. The standard InChI is InChI=1S/C14H13ClFNO/c1-9(11-4-2-3-5-14(11)18)17-10-6-7-13(16)12(15)8-10/h2-9,17-18H,1H3. The molecule has 4 heteroatoms. The van der Waals surface area contributed by atoms with Gasteiger partial charge in [0.1, 0.15) is 11.6 Å². The molecule has 0 aliphatic heterocycles. The van der Waals surface area contributed by atoms with Crippen molar-refractivity contribution in [3.05, 3.63) is 58.9 Å². The van der Waals surface area contributed by atoms with E-state index in [2.05, 4.69) is 5.32 Å². The Labute approximate surface area is 110 Å². The lowest BCUT2D eigenvalue weighted by Gasteiger charge is -2.17. The molecule has 0 bridgehead atoms. The molecule has 0 saturated heterocycles. The molecule has 2 rings (SSSR count). The molecule has 0 aromatic heterocycles. The first kappa shape index (κ1) is 12.7. The summed E-state index contributed by atoms with van der Waals surface area (Å²) in [5, 5.41) is 13.0. The SMILES string of the molecule is CC(Nc1ccc(F)c(Cl)c1)c1ccccc1O. The minimum Gasteiger partial charge on any atom is -0.508 e. The molecular formula is C14H13ClFNO. The van der Waals surface area contributed by atoms with Crippen LogP contribution in [-0.4, -0.2) is 5.11 Å². The van der Waals surface area contributed by atoms with Crippen LogP contribution in [0.2, 0.25) is 5.02 Å². The maximum absolute atomic E-state index is 13.0. The predicted octanol–water partition coefficient (Wildman–Crippen LogP) is 4.36. The monoisotopic (exact) mass is 265 g/mol. The number of phenols is 1. The molecule has 1 atom stereocenters. The Balaban J connectivity index is 2.19. The topological polar surface area (TPSA) is 32.3 Å². The van der Waals surface area contributed by atoms with E-state index in [1.807, 2.05) is 19.1 Å². The first-order valence-corrected chi connectivity index (χ1v) is 5.95. The van der Waals surface area contributed by atoms with Crippen LogP contribution in [0.3, 0.4) is 0 Å². The van der Waals surface area contributed by atoms with Crippen molar-refractivity contribution in [1.29, 1.82) is 0 Å². The number of rotatable bonds is 3. The van der Waals surface area contributed by atoms with E-state index in [1.54, 1.807) is 18.2 Å². The van der Waals surface area contributed by atoms with Crippen molar-refractivity contribution in [1.82, 2.24) is 0 Å².